The van der Waals surface area contributed by atoms with Crippen LogP contribution in [0, 0.1) is 0 Å². The van der Waals surface area contributed by atoms with Crippen molar-refractivity contribution >= 4 is 76.5 Å². The van der Waals surface area contributed by atoms with E-state index in [0.29, 0.717) is 5.95 Å². The maximum absolute atomic E-state index is 6.90. The lowest BCUT2D eigenvalue weighted by atomic mass is 10.0. The fourth-order valence-corrected chi connectivity index (χ4v) is 9.60. The molecule has 13 aromatic rings. The summed E-state index contributed by atoms with van der Waals surface area (Å²) in [5.41, 5.74) is 14.4. The van der Waals surface area contributed by atoms with Gasteiger partial charge in [-0.1, -0.05) is 146 Å². The molecule has 4 aromatic heterocycles. The van der Waals surface area contributed by atoms with Gasteiger partial charge in [0.25, 0.3) is 0 Å². The van der Waals surface area contributed by atoms with Gasteiger partial charge in [-0.2, -0.15) is 0 Å². The van der Waals surface area contributed by atoms with Gasteiger partial charge >= 0.3 is 0 Å². The molecule has 0 N–H and O–H groups in total. The molecule has 0 amide bonds. The summed E-state index contributed by atoms with van der Waals surface area (Å²) in [6.45, 7) is 0. The first kappa shape index (κ1) is 33.7. The largest absolute Gasteiger partial charge is 0.455 e. The summed E-state index contributed by atoms with van der Waals surface area (Å²) in [7, 11) is 0. The Labute approximate surface area is 350 Å². The van der Waals surface area contributed by atoms with Crippen LogP contribution >= 0.6 is 0 Å². The summed E-state index contributed by atoms with van der Waals surface area (Å²) in [5.74, 6) is 0.612. The van der Waals surface area contributed by atoms with Crippen molar-refractivity contribution in [1.29, 1.82) is 0 Å². The van der Waals surface area contributed by atoms with Crippen molar-refractivity contribution < 1.29 is 4.42 Å². The highest BCUT2D eigenvalue weighted by Gasteiger charge is 2.22. The second-order valence-electron chi connectivity index (χ2n) is 15.7. The second kappa shape index (κ2) is 13.1. The van der Waals surface area contributed by atoms with Crippen LogP contribution in [0.2, 0.25) is 0 Å². The normalized spacial score (nSPS) is 11.9. The molecule has 0 unspecified atom stereocenters. The van der Waals surface area contributed by atoms with Crippen LogP contribution in [0.1, 0.15) is 0 Å². The summed E-state index contributed by atoms with van der Waals surface area (Å²) < 4.78 is 11.5. The highest BCUT2D eigenvalue weighted by atomic mass is 16.3. The fourth-order valence-electron chi connectivity index (χ4n) is 9.60. The lowest BCUT2D eigenvalue weighted by Gasteiger charge is -2.12. The molecule has 4 heterocycles. The first-order valence-corrected chi connectivity index (χ1v) is 20.7. The van der Waals surface area contributed by atoms with Gasteiger partial charge in [0, 0.05) is 54.5 Å². The average molecular weight is 779 g/mol. The average Bonchev–Trinajstić information content (AvgIpc) is 3.99. The summed E-state index contributed by atoms with van der Waals surface area (Å²) >= 11 is 0. The molecule has 0 saturated carbocycles. The summed E-state index contributed by atoms with van der Waals surface area (Å²) in [6.07, 6.45) is 0. The molecule has 0 radical (unpaired) electrons. The van der Waals surface area contributed by atoms with Gasteiger partial charge < -0.3 is 8.98 Å². The van der Waals surface area contributed by atoms with E-state index in [9.17, 15) is 0 Å². The number of rotatable bonds is 5. The van der Waals surface area contributed by atoms with E-state index in [1.165, 1.54) is 27.4 Å². The molecule has 0 bridgehead atoms. The molecule has 5 nitrogen and oxygen atoms in total. The van der Waals surface area contributed by atoms with Gasteiger partial charge in [0.05, 0.1) is 33.3 Å². The minimum atomic E-state index is 0.612. The number of para-hydroxylation sites is 6. The zero-order chi connectivity index (χ0) is 40.0. The third-order valence-corrected chi connectivity index (χ3v) is 12.3. The van der Waals surface area contributed by atoms with Crippen LogP contribution in [0.3, 0.4) is 0 Å². The Bertz CT molecular complexity index is 3880. The lowest BCUT2D eigenvalue weighted by molar-refractivity contribution is 0.671. The van der Waals surface area contributed by atoms with E-state index in [4.69, 9.17) is 14.4 Å². The number of hydrogen-bond acceptors (Lipinski definition) is 3. The molecule has 0 aliphatic heterocycles. The van der Waals surface area contributed by atoms with Crippen molar-refractivity contribution in [1.82, 2.24) is 19.1 Å². The number of hydrogen-bond donors (Lipinski definition) is 0. The van der Waals surface area contributed by atoms with Crippen LogP contribution in [-0.4, -0.2) is 19.1 Å². The third kappa shape index (κ3) is 5.08. The Morgan fingerprint density at radius 2 is 0.836 bits per heavy atom. The van der Waals surface area contributed by atoms with Gasteiger partial charge in [0.2, 0.25) is 5.95 Å². The molecule has 61 heavy (non-hydrogen) atoms. The molecule has 284 valence electrons. The molecule has 9 aromatic carbocycles. The summed E-state index contributed by atoms with van der Waals surface area (Å²) in [4.78, 5) is 10.7. The molecule has 0 fully saturated rings. The third-order valence-electron chi connectivity index (χ3n) is 12.3. The molecular formula is C56H34N4O. The maximum atomic E-state index is 6.90. The predicted molar refractivity (Wildman–Crippen MR) is 252 cm³/mol. The second-order valence-corrected chi connectivity index (χ2v) is 15.7. The van der Waals surface area contributed by atoms with Crippen LogP contribution in [0.25, 0.3) is 122 Å². The molecule has 0 aliphatic carbocycles. The number of aromatic nitrogens is 4. The smallest absolute Gasteiger partial charge is 0.235 e. The Morgan fingerprint density at radius 3 is 1.52 bits per heavy atom. The van der Waals surface area contributed by atoms with Gasteiger partial charge in [0.1, 0.15) is 11.2 Å². The van der Waals surface area contributed by atoms with Gasteiger partial charge in [0.15, 0.2) is 0 Å². The minimum absolute atomic E-state index is 0.612. The fraction of sp³-hybridized carbons (Fsp3) is 0. The van der Waals surface area contributed by atoms with Crippen LogP contribution in [0.4, 0.5) is 0 Å². The standard InChI is InChI=1S/C56H34N4O/c1-3-15-35(16-4-1)39-22-13-23-42-43-24-14-25-45(55(43)61-54(39)42)53-44-21-7-10-26-48(44)57-56(58-53)60-50-28-12-9-20-41(50)47-34-37(30-32-52(47)60)36-29-31-51-46(33-36)40-19-8-11-27-49(40)59(51)38-17-5-2-6-18-38/h1-34H. The Morgan fingerprint density at radius 1 is 0.328 bits per heavy atom. The number of furan rings is 1. The first-order chi connectivity index (χ1) is 30.3. The zero-order valence-corrected chi connectivity index (χ0v) is 32.8. The van der Waals surface area contributed by atoms with Gasteiger partial charge in [-0.05, 0) is 77.4 Å². The molecule has 5 heteroatoms. The van der Waals surface area contributed by atoms with E-state index in [-0.39, 0.29) is 0 Å². The summed E-state index contributed by atoms with van der Waals surface area (Å²) in [6, 6.07) is 73.0. The van der Waals surface area contributed by atoms with E-state index in [2.05, 4.69) is 203 Å². The molecule has 0 aliphatic rings. The van der Waals surface area contributed by atoms with Crippen molar-refractivity contribution in [2.24, 2.45) is 0 Å². The number of fused-ring (bicyclic) bond motifs is 10. The first-order valence-electron chi connectivity index (χ1n) is 20.7. The Kier molecular flexibility index (Phi) is 7.24. The molecule has 13 rings (SSSR count). The van der Waals surface area contributed by atoms with Gasteiger partial charge in [-0.3, -0.25) is 4.57 Å². The monoisotopic (exact) mass is 778 g/mol. The lowest BCUT2D eigenvalue weighted by Crippen LogP contribution is -2.03. The van der Waals surface area contributed by atoms with E-state index >= 15 is 0 Å². The van der Waals surface area contributed by atoms with Gasteiger partial charge in [-0.15, -0.1) is 0 Å². The summed E-state index contributed by atoms with van der Waals surface area (Å²) in [5, 5.41) is 7.86. The number of benzene rings is 9. The molecule has 0 saturated heterocycles. The Hall–Kier alpha value is -8.28. The van der Waals surface area contributed by atoms with E-state index in [1.807, 2.05) is 12.1 Å². The van der Waals surface area contributed by atoms with E-state index < -0.39 is 0 Å². The Balaban J connectivity index is 1.00. The van der Waals surface area contributed by atoms with Crippen molar-refractivity contribution in [2.75, 3.05) is 0 Å². The SMILES string of the molecule is c1ccc(-c2cccc3c2oc2c(-c4nc(-n5c6ccccc6c6cc(-c7ccc8c(c7)c7ccccc7n8-c7ccccc7)ccc65)nc5ccccc45)cccc23)cc1. The number of nitrogens with zero attached hydrogens (tertiary/aromatic N) is 4. The maximum Gasteiger partial charge on any atom is 0.235 e. The van der Waals surface area contributed by atoms with Crippen molar-refractivity contribution in [3.63, 3.8) is 0 Å². The highest BCUT2D eigenvalue weighted by Crippen LogP contribution is 2.42. The van der Waals surface area contributed by atoms with Crippen molar-refractivity contribution in [3.05, 3.63) is 206 Å². The predicted octanol–water partition coefficient (Wildman–Crippen LogP) is 14.7. The highest BCUT2D eigenvalue weighted by molar-refractivity contribution is 6.15. The van der Waals surface area contributed by atoms with Gasteiger partial charge in [-0.25, -0.2) is 9.97 Å². The zero-order valence-electron chi connectivity index (χ0n) is 32.8. The van der Waals surface area contributed by atoms with Crippen LogP contribution < -0.4 is 0 Å². The van der Waals surface area contributed by atoms with E-state index in [1.54, 1.807) is 0 Å². The minimum Gasteiger partial charge on any atom is -0.455 e. The molecular weight excluding hydrogens is 745 g/mol. The quantitative estimate of drug-likeness (QED) is 0.175. The van der Waals surface area contributed by atoms with Crippen LogP contribution in [0.15, 0.2) is 211 Å². The topological polar surface area (TPSA) is 48.8 Å². The molecule has 0 atom stereocenters. The molecule has 0 spiro atoms. The van der Waals surface area contributed by atoms with Crippen molar-refractivity contribution in [2.45, 2.75) is 0 Å². The van der Waals surface area contributed by atoms with Crippen LogP contribution in [0.5, 0.6) is 0 Å². The van der Waals surface area contributed by atoms with E-state index in [0.717, 1.165) is 88.3 Å². The van der Waals surface area contributed by atoms with Crippen LogP contribution in [-0.2, 0) is 0 Å². The van der Waals surface area contributed by atoms with Crippen molar-refractivity contribution in [3.8, 4) is 45.1 Å².